The average Bonchev–Trinajstić information content (AvgIpc) is 2.40. The van der Waals surface area contributed by atoms with Crippen LogP contribution >= 0.6 is 0 Å². The summed E-state index contributed by atoms with van der Waals surface area (Å²) in [6.07, 6.45) is 3.50. The lowest BCUT2D eigenvalue weighted by atomic mass is 10.1. The largest absolute Gasteiger partial charge is 0.473 e. The second-order valence-corrected chi connectivity index (χ2v) is 4.49. The van der Waals surface area contributed by atoms with Gasteiger partial charge in [-0.1, -0.05) is 12.1 Å². The molecule has 2 rings (SSSR count). The highest BCUT2D eigenvalue weighted by molar-refractivity contribution is 5.64. The molecule has 18 heavy (non-hydrogen) atoms. The van der Waals surface area contributed by atoms with E-state index in [2.05, 4.69) is 11.1 Å². The Morgan fingerprint density at radius 3 is 2.50 bits per heavy atom. The molecule has 1 heterocycles. The number of ether oxygens (including phenoxy) is 1. The van der Waals surface area contributed by atoms with Crippen LogP contribution in [-0.2, 0) is 0 Å². The van der Waals surface area contributed by atoms with Crippen molar-refractivity contribution >= 4 is 0 Å². The topological polar surface area (TPSA) is 45.9 Å². The third kappa shape index (κ3) is 2.86. The first-order valence-corrected chi connectivity index (χ1v) is 5.71. The van der Waals surface area contributed by atoms with Crippen molar-refractivity contribution in [2.75, 3.05) is 0 Å². The van der Waals surface area contributed by atoms with E-state index < -0.39 is 5.60 Å². The molecule has 0 saturated carbocycles. The normalized spacial score (nSPS) is 10.7. The van der Waals surface area contributed by atoms with Gasteiger partial charge in [-0.05, 0) is 49.2 Å². The van der Waals surface area contributed by atoms with Crippen molar-refractivity contribution in [1.29, 1.82) is 5.26 Å². The third-order valence-electron chi connectivity index (χ3n) is 2.49. The smallest absolute Gasteiger partial charge is 0.188 e. The molecule has 1 aromatic carbocycles. The van der Waals surface area contributed by atoms with Gasteiger partial charge in [-0.25, -0.2) is 0 Å². The quantitative estimate of drug-likeness (QED) is 0.823. The van der Waals surface area contributed by atoms with E-state index in [1.54, 1.807) is 26.2 Å². The van der Waals surface area contributed by atoms with Crippen molar-refractivity contribution in [1.82, 2.24) is 4.98 Å². The van der Waals surface area contributed by atoms with E-state index in [9.17, 15) is 0 Å². The van der Waals surface area contributed by atoms with Gasteiger partial charge >= 0.3 is 0 Å². The fraction of sp³-hybridized carbons (Fsp3) is 0.200. The Labute approximate surface area is 107 Å². The van der Waals surface area contributed by atoms with Crippen molar-refractivity contribution < 1.29 is 4.74 Å². The van der Waals surface area contributed by atoms with E-state index in [0.717, 1.165) is 11.1 Å². The maximum atomic E-state index is 8.96. The van der Waals surface area contributed by atoms with Crippen molar-refractivity contribution in [3.05, 3.63) is 48.8 Å². The molecule has 0 aliphatic rings. The molecule has 0 atom stereocenters. The van der Waals surface area contributed by atoms with E-state index in [1.807, 2.05) is 36.4 Å². The van der Waals surface area contributed by atoms with Crippen LogP contribution in [0.4, 0.5) is 0 Å². The summed E-state index contributed by atoms with van der Waals surface area (Å²) in [6, 6.07) is 13.7. The summed E-state index contributed by atoms with van der Waals surface area (Å²) in [6.45, 7) is 3.48. The molecule has 0 aliphatic heterocycles. The predicted molar refractivity (Wildman–Crippen MR) is 70.0 cm³/mol. The standard InChI is InChI=1S/C15H14N2O/c1-15(2,11-16)18-14-5-3-4-13(10-14)12-6-8-17-9-7-12/h3-10H,1-2H3. The van der Waals surface area contributed by atoms with E-state index >= 15 is 0 Å². The van der Waals surface area contributed by atoms with Crippen molar-refractivity contribution in [3.8, 4) is 22.9 Å². The molecule has 3 heteroatoms. The Kier molecular flexibility index (Phi) is 3.29. The Morgan fingerprint density at radius 2 is 1.83 bits per heavy atom. The van der Waals surface area contributed by atoms with Crippen LogP contribution in [0.15, 0.2) is 48.8 Å². The lowest BCUT2D eigenvalue weighted by Crippen LogP contribution is -2.25. The minimum atomic E-state index is -0.823. The molecule has 0 N–H and O–H groups in total. The first-order valence-electron chi connectivity index (χ1n) is 5.71. The highest BCUT2D eigenvalue weighted by Gasteiger charge is 2.18. The number of hydrogen-bond donors (Lipinski definition) is 0. The molecule has 0 radical (unpaired) electrons. The maximum absolute atomic E-state index is 8.96. The van der Waals surface area contributed by atoms with Gasteiger partial charge in [0.2, 0.25) is 0 Å². The van der Waals surface area contributed by atoms with Gasteiger partial charge in [-0.3, -0.25) is 4.98 Å². The zero-order chi connectivity index (χ0) is 13.0. The van der Waals surface area contributed by atoms with E-state index in [4.69, 9.17) is 10.00 Å². The van der Waals surface area contributed by atoms with E-state index in [1.165, 1.54) is 0 Å². The Bertz CT molecular complexity index is 571. The number of aromatic nitrogens is 1. The van der Waals surface area contributed by atoms with E-state index in [-0.39, 0.29) is 0 Å². The third-order valence-corrected chi connectivity index (χ3v) is 2.49. The van der Waals surface area contributed by atoms with Crippen LogP contribution in [0.1, 0.15) is 13.8 Å². The van der Waals surface area contributed by atoms with Crippen LogP contribution in [0.2, 0.25) is 0 Å². The minimum absolute atomic E-state index is 0.691. The molecule has 0 aliphatic carbocycles. The molecule has 90 valence electrons. The van der Waals surface area contributed by atoms with Gasteiger partial charge in [0.15, 0.2) is 5.60 Å². The summed E-state index contributed by atoms with van der Waals surface area (Å²) in [5.74, 6) is 0.691. The molecule has 3 nitrogen and oxygen atoms in total. The highest BCUT2D eigenvalue weighted by Crippen LogP contribution is 2.25. The zero-order valence-electron chi connectivity index (χ0n) is 10.4. The fourth-order valence-corrected chi connectivity index (χ4v) is 1.60. The van der Waals surface area contributed by atoms with Crippen LogP contribution in [0, 0.1) is 11.3 Å². The van der Waals surface area contributed by atoms with Gasteiger partial charge in [0.1, 0.15) is 11.8 Å². The second kappa shape index (κ2) is 4.89. The second-order valence-electron chi connectivity index (χ2n) is 4.49. The lowest BCUT2D eigenvalue weighted by Gasteiger charge is -2.18. The molecule has 2 aromatic rings. The summed E-state index contributed by atoms with van der Waals surface area (Å²) in [7, 11) is 0. The fourth-order valence-electron chi connectivity index (χ4n) is 1.60. The van der Waals surface area contributed by atoms with Crippen LogP contribution < -0.4 is 4.74 Å². The molecule has 0 spiro atoms. The van der Waals surface area contributed by atoms with Gasteiger partial charge in [0.25, 0.3) is 0 Å². The predicted octanol–water partition coefficient (Wildman–Crippen LogP) is 3.43. The van der Waals surface area contributed by atoms with Gasteiger partial charge < -0.3 is 4.74 Å². The summed E-state index contributed by atoms with van der Waals surface area (Å²) in [5.41, 5.74) is 1.30. The van der Waals surface area contributed by atoms with Crippen LogP contribution in [-0.4, -0.2) is 10.6 Å². The van der Waals surface area contributed by atoms with Gasteiger partial charge in [-0.15, -0.1) is 0 Å². The average molecular weight is 238 g/mol. The molecule has 0 amide bonds. The monoisotopic (exact) mass is 238 g/mol. The molecular weight excluding hydrogens is 224 g/mol. The summed E-state index contributed by atoms with van der Waals surface area (Å²) in [5, 5.41) is 8.96. The number of rotatable bonds is 3. The van der Waals surface area contributed by atoms with Crippen LogP contribution in [0.3, 0.4) is 0 Å². The number of nitriles is 1. The number of nitrogens with zero attached hydrogens (tertiary/aromatic N) is 2. The molecule has 0 unspecified atom stereocenters. The lowest BCUT2D eigenvalue weighted by molar-refractivity contribution is 0.170. The summed E-state index contributed by atoms with van der Waals surface area (Å²) >= 11 is 0. The molecular formula is C15H14N2O. The Morgan fingerprint density at radius 1 is 1.11 bits per heavy atom. The molecule has 0 bridgehead atoms. The molecule has 0 fully saturated rings. The number of pyridine rings is 1. The SMILES string of the molecule is CC(C)(C#N)Oc1cccc(-c2ccncc2)c1. The number of benzene rings is 1. The van der Waals surface area contributed by atoms with Gasteiger partial charge in [0.05, 0.1) is 0 Å². The van der Waals surface area contributed by atoms with Crippen molar-refractivity contribution in [3.63, 3.8) is 0 Å². The Balaban J connectivity index is 2.30. The van der Waals surface area contributed by atoms with Gasteiger partial charge in [-0.2, -0.15) is 5.26 Å². The highest BCUT2D eigenvalue weighted by atomic mass is 16.5. The minimum Gasteiger partial charge on any atom is -0.473 e. The zero-order valence-corrected chi connectivity index (χ0v) is 10.4. The summed E-state index contributed by atoms with van der Waals surface area (Å²) in [4.78, 5) is 3.99. The van der Waals surface area contributed by atoms with Crippen molar-refractivity contribution in [2.45, 2.75) is 19.4 Å². The number of hydrogen-bond acceptors (Lipinski definition) is 3. The summed E-state index contributed by atoms with van der Waals surface area (Å²) < 4.78 is 5.64. The first kappa shape index (κ1) is 12.1. The Hall–Kier alpha value is -2.34. The van der Waals surface area contributed by atoms with Gasteiger partial charge in [0, 0.05) is 12.4 Å². The van der Waals surface area contributed by atoms with Crippen molar-refractivity contribution in [2.24, 2.45) is 0 Å². The van der Waals surface area contributed by atoms with Crippen LogP contribution in [0.5, 0.6) is 5.75 Å². The first-order chi connectivity index (χ1) is 8.61. The van der Waals surface area contributed by atoms with Crippen LogP contribution in [0.25, 0.3) is 11.1 Å². The maximum Gasteiger partial charge on any atom is 0.188 e. The van der Waals surface area contributed by atoms with E-state index in [0.29, 0.717) is 5.75 Å². The molecule has 1 aromatic heterocycles. The molecule has 0 saturated heterocycles.